The Morgan fingerprint density at radius 2 is 1.75 bits per heavy atom. The van der Waals surface area contributed by atoms with Crippen molar-refractivity contribution < 1.29 is 4.92 Å². The molecule has 0 spiro atoms. The lowest BCUT2D eigenvalue weighted by molar-refractivity contribution is -0.380. The Bertz CT molecular complexity index is 593. The fourth-order valence-corrected chi connectivity index (χ4v) is 3.07. The van der Waals surface area contributed by atoms with Crippen molar-refractivity contribution in [3.8, 4) is 0 Å². The maximum Gasteiger partial charge on any atom is 0.345 e. The van der Waals surface area contributed by atoms with Crippen LogP contribution in [0.3, 0.4) is 0 Å². The second-order valence-corrected chi connectivity index (χ2v) is 5.54. The molecule has 1 aromatic carbocycles. The molecule has 0 unspecified atom stereocenters. The van der Waals surface area contributed by atoms with E-state index in [1.54, 1.807) is 0 Å². The van der Waals surface area contributed by atoms with Gasteiger partial charge in [0.1, 0.15) is 6.20 Å². The summed E-state index contributed by atoms with van der Waals surface area (Å²) in [4.78, 5) is 18.9. The Morgan fingerprint density at radius 3 is 2.35 bits per heavy atom. The highest BCUT2D eigenvalue weighted by atomic mass is 32.1. The monoisotopic (exact) mass is 290 g/mol. The third-order valence-electron chi connectivity index (χ3n) is 3.33. The fourth-order valence-electron chi connectivity index (χ4n) is 2.28. The largest absolute Gasteiger partial charge is 0.368 e. The summed E-state index contributed by atoms with van der Waals surface area (Å²) in [6.45, 7) is 3.47. The number of aromatic nitrogens is 1. The fraction of sp³-hybridized carbons (Fsp3) is 0.308. The molecule has 6 nitrogen and oxygen atoms in total. The molecule has 1 aromatic heterocycles. The Hall–Kier alpha value is -2.15. The van der Waals surface area contributed by atoms with Crippen LogP contribution < -0.4 is 9.80 Å². The van der Waals surface area contributed by atoms with Crippen molar-refractivity contribution in [2.45, 2.75) is 0 Å². The molecule has 0 radical (unpaired) electrons. The van der Waals surface area contributed by atoms with E-state index >= 15 is 0 Å². The molecule has 1 saturated heterocycles. The van der Waals surface area contributed by atoms with Crippen molar-refractivity contribution in [2.24, 2.45) is 0 Å². The smallest absolute Gasteiger partial charge is 0.345 e. The normalized spacial score (nSPS) is 15.4. The zero-order valence-electron chi connectivity index (χ0n) is 10.8. The molecule has 3 rings (SSSR count). The van der Waals surface area contributed by atoms with Crippen LogP contribution in [0.2, 0.25) is 0 Å². The summed E-state index contributed by atoms with van der Waals surface area (Å²) in [5.74, 6) is 0. The van der Waals surface area contributed by atoms with Gasteiger partial charge in [0, 0.05) is 31.9 Å². The van der Waals surface area contributed by atoms with Crippen LogP contribution in [-0.4, -0.2) is 36.1 Å². The minimum absolute atomic E-state index is 0.102. The summed E-state index contributed by atoms with van der Waals surface area (Å²) in [5, 5.41) is 11.5. The molecule has 2 heterocycles. The number of hydrogen-bond acceptors (Lipinski definition) is 6. The summed E-state index contributed by atoms with van der Waals surface area (Å²) in [7, 11) is 0. The highest BCUT2D eigenvalue weighted by molar-refractivity contribution is 7.18. The van der Waals surface area contributed by atoms with Crippen LogP contribution >= 0.6 is 11.3 Å². The first kappa shape index (κ1) is 12.9. The molecule has 1 fully saturated rings. The Balaban J connectivity index is 1.65. The predicted octanol–water partition coefficient (Wildman–Crippen LogP) is 2.38. The SMILES string of the molecule is O=[N+]([O-])c1cnc(N2CCN(c3ccccc3)CC2)s1. The second-order valence-electron chi connectivity index (χ2n) is 4.55. The number of nitrogens with zero attached hydrogens (tertiary/aromatic N) is 4. The van der Waals surface area contributed by atoms with Crippen LogP contribution in [0.5, 0.6) is 0 Å². The number of hydrogen-bond donors (Lipinski definition) is 0. The molecule has 1 aliphatic heterocycles. The van der Waals surface area contributed by atoms with Crippen LogP contribution in [0.4, 0.5) is 15.8 Å². The lowest BCUT2D eigenvalue weighted by atomic mass is 10.2. The molecule has 0 bridgehead atoms. The van der Waals surface area contributed by atoms with E-state index in [2.05, 4.69) is 26.9 Å². The predicted molar refractivity (Wildman–Crippen MR) is 79.6 cm³/mol. The first-order valence-electron chi connectivity index (χ1n) is 6.39. The molecular weight excluding hydrogens is 276 g/mol. The Morgan fingerprint density at radius 1 is 1.10 bits per heavy atom. The highest BCUT2D eigenvalue weighted by Crippen LogP contribution is 2.29. The summed E-state index contributed by atoms with van der Waals surface area (Å²) < 4.78 is 0. The van der Waals surface area contributed by atoms with Gasteiger partial charge < -0.3 is 9.80 Å². The van der Waals surface area contributed by atoms with Crippen LogP contribution in [0.1, 0.15) is 0 Å². The van der Waals surface area contributed by atoms with Gasteiger partial charge in [-0.05, 0) is 23.5 Å². The second kappa shape index (κ2) is 5.46. The maximum absolute atomic E-state index is 10.7. The van der Waals surface area contributed by atoms with Gasteiger partial charge in [0.2, 0.25) is 0 Å². The van der Waals surface area contributed by atoms with Gasteiger partial charge in [-0.3, -0.25) is 10.1 Å². The van der Waals surface area contributed by atoms with Crippen molar-refractivity contribution >= 4 is 27.2 Å². The van der Waals surface area contributed by atoms with E-state index in [9.17, 15) is 10.1 Å². The minimum Gasteiger partial charge on any atom is -0.368 e. The van der Waals surface area contributed by atoms with Crippen LogP contribution in [-0.2, 0) is 0 Å². The van der Waals surface area contributed by atoms with Crippen molar-refractivity contribution in [3.63, 3.8) is 0 Å². The minimum atomic E-state index is -0.388. The third kappa shape index (κ3) is 2.57. The molecule has 0 saturated carbocycles. The topological polar surface area (TPSA) is 62.5 Å². The first-order chi connectivity index (χ1) is 9.74. The van der Waals surface area contributed by atoms with E-state index < -0.39 is 0 Å². The van der Waals surface area contributed by atoms with E-state index in [-0.39, 0.29) is 9.92 Å². The van der Waals surface area contributed by atoms with Gasteiger partial charge in [0.05, 0.1) is 4.92 Å². The van der Waals surface area contributed by atoms with Gasteiger partial charge in [-0.1, -0.05) is 18.2 Å². The molecule has 2 aromatic rings. The van der Waals surface area contributed by atoms with Gasteiger partial charge in [0.25, 0.3) is 0 Å². The Kier molecular flexibility index (Phi) is 3.51. The molecule has 0 N–H and O–H groups in total. The molecule has 1 aliphatic rings. The summed E-state index contributed by atoms with van der Waals surface area (Å²) in [6, 6.07) is 10.3. The Labute approximate surface area is 120 Å². The molecule has 0 aliphatic carbocycles. The van der Waals surface area contributed by atoms with Crippen LogP contribution in [0, 0.1) is 10.1 Å². The average molecular weight is 290 g/mol. The van der Waals surface area contributed by atoms with E-state index in [1.807, 2.05) is 18.2 Å². The number of piperazine rings is 1. The van der Waals surface area contributed by atoms with E-state index in [1.165, 1.54) is 11.9 Å². The number of nitro groups is 1. The van der Waals surface area contributed by atoms with Gasteiger partial charge in [0.15, 0.2) is 5.13 Å². The molecular formula is C13H14N4O2S. The number of anilines is 2. The van der Waals surface area contributed by atoms with E-state index in [0.717, 1.165) is 42.6 Å². The summed E-state index contributed by atoms with van der Waals surface area (Å²) >= 11 is 1.14. The van der Waals surface area contributed by atoms with Crippen LogP contribution in [0.25, 0.3) is 0 Å². The molecule has 7 heteroatoms. The van der Waals surface area contributed by atoms with Gasteiger partial charge in [-0.2, -0.15) is 0 Å². The van der Waals surface area contributed by atoms with Crippen molar-refractivity contribution in [1.82, 2.24) is 4.98 Å². The van der Waals surface area contributed by atoms with Crippen molar-refractivity contribution in [3.05, 3.63) is 46.6 Å². The third-order valence-corrected chi connectivity index (χ3v) is 4.34. The zero-order valence-corrected chi connectivity index (χ0v) is 11.6. The number of thiazole rings is 1. The maximum atomic E-state index is 10.7. The van der Waals surface area contributed by atoms with Gasteiger partial charge in [-0.25, -0.2) is 4.98 Å². The number of benzene rings is 1. The summed E-state index contributed by atoms with van der Waals surface area (Å²) in [5.41, 5.74) is 1.22. The van der Waals surface area contributed by atoms with Gasteiger partial charge >= 0.3 is 5.00 Å². The van der Waals surface area contributed by atoms with E-state index in [4.69, 9.17) is 0 Å². The molecule has 0 atom stereocenters. The lowest BCUT2D eigenvalue weighted by Gasteiger charge is -2.35. The molecule has 0 amide bonds. The van der Waals surface area contributed by atoms with Crippen molar-refractivity contribution in [1.29, 1.82) is 0 Å². The first-order valence-corrected chi connectivity index (χ1v) is 7.21. The molecule has 20 heavy (non-hydrogen) atoms. The number of para-hydroxylation sites is 1. The summed E-state index contributed by atoms with van der Waals surface area (Å²) in [6.07, 6.45) is 1.34. The standard InChI is InChI=1S/C13H14N4O2S/c18-17(19)12-10-14-13(20-12)16-8-6-15(7-9-16)11-4-2-1-3-5-11/h1-5,10H,6-9H2. The average Bonchev–Trinajstić information content (AvgIpc) is 2.98. The zero-order chi connectivity index (χ0) is 13.9. The van der Waals surface area contributed by atoms with Crippen LogP contribution in [0.15, 0.2) is 36.5 Å². The molecule has 104 valence electrons. The number of rotatable bonds is 3. The highest BCUT2D eigenvalue weighted by Gasteiger charge is 2.21. The van der Waals surface area contributed by atoms with E-state index in [0.29, 0.717) is 0 Å². The quantitative estimate of drug-likeness (QED) is 0.641. The lowest BCUT2D eigenvalue weighted by Crippen LogP contribution is -2.46. The van der Waals surface area contributed by atoms with Crippen molar-refractivity contribution in [2.75, 3.05) is 36.0 Å². The van der Waals surface area contributed by atoms with Gasteiger partial charge in [-0.15, -0.1) is 0 Å².